The molecular weight excluding hydrogens is 212 g/mol. The molecule has 4 heteroatoms. The molecule has 15 heavy (non-hydrogen) atoms. The quantitative estimate of drug-likeness (QED) is 0.802. The van der Waals surface area contributed by atoms with Crippen LogP contribution in [-0.2, 0) is 0 Å². The Hall–Kier alpha value is -1.61. The smallest absolute Gasteiger partial charge is 0.251 e. The zero-order chi connectivity index (χ0) is 10.8. The minimum absolute atomic E-state index is 0.146. The number of halogens is 1. The van der Waals surface area contributed by atoms with Crippen LogP contribution in [-0.4, -0.2) is 9.97 Å². The minimum Gasteiger partial charge on any atom is -0.311 e. The highest BCUT2D eigenvalue weighted by atomic mass is 35.5. The Labute approximate surface area is 91.8 Å². The van der Waals surface area contributed by atoms with Crippen molar-refractivity contribution in [2.75, 3.05) is 0 Å². The van der Waals surface area contributed by atoms with Crippen LogP contribution in [0.5, 0.6) is 0 Å². The summed E-state index contributed by atoms with van der Waals surface area (Å²) < 4.78 is 0. The SMILES string of the molecule is Cc1nc(-c2ccc(Cl)cc2)cc(=O)[nH]1. The van der Waals surface area contributed by atoms with E-state index in [0.29, 0.717) is 16.5 Å². The molecule has 1 N–H and O–H groups in total. The second-order valence-corrected chi connectivity index (χ2v) is 3.66. The van der Waals surface area contributed by atoms with E-state index in [1.807, 2.05) is 12.1 Å². The fourth-order valence-electron chi connectivity index (χ4n) is 1.35. The van der Waals surface area contributed by atoms with E-state index >= 15 is 0 Å². The van der Waals surface area contributed by atoms with Gasteiger partial charge in [-0.25, -0.2) is 4.98 Å². The van der Waals surface area contributed by atoms with Crippen molar-refractivity contribution in [2.24, 2.45) is 0 Å². The molecule has 76 valence electrons. The highest BCUT2D eigenvalue weighted by Gasteiger charge is 2.01. The summed E-state index contributed by atoms with van der Waals surface area (Å²) in [7, 11) is 0. The van der Waals surface area contributed by atoms with E-state index in [4.69, 9.17) is 11.6 Å². The summed E-state index contributed by atoms with van der Waals surface area (Å²) in [6, 6.07) is 8.69. The normalized spacial score (nSPS) is 10.3. The topological polar surface area (TPSA) is 45.8 Å². The van der Waals surface area contributed by atoms with Crippen LogP contribution in [0, 0.1) is 6.92 Å². The van der Waals surface area contributed by atoms with E-state index < -0.39 is 0 Å². The van der Waals surface area contributed by atoms with Crippen LogP contribution < -0.4 is 5.56 Å². The molecule has 0 aliphatic carbocycles. The van der Waals surface area contributed by atoms with Crippen LogP contribution in [0.1, 0.15) is 5.82 Å². The predicted octanol–water partition coefficient (Wildman–Crippen LogP) is 2.40. The lowest BCUT2D eigenvalue weighted by Crippen LogP contribution is -2.08. The number of nitrogens with one attached hydrogen (secondary N) is 1. The molecule has 0 aliphatic rings. The zero-order valence-corrected chi connectivity index (χ0v) is 8.88. The van der Waals surface area contributed by atoms with Gasteiger partial charge in [-0.2, -0.15) is 0 Å². The lowest BCUT2D eigenvalue weighted by atomic mass is 10.1. The molecule has 0 atom stereocenters. The third-order valence-electron chi connectivity index (χ3n) is 2.00. The van der Waals surface area contributed by atoms with Crippen molar-refractivity contribution in [2.45, 2.75) is 6.92 Å². The van der Waals surface area contributed by atoms with Crippen LogP contribution in [0.25, 0.3) is 11.3 Å². The van der Waals surface area contributed by atoms with Gasteiger partial charge in [0.15, 0.2) is 0 Å². The van der Waals surface area contributed by atoms with Crippen molar-refractivity contribution in [3.05, 3.63) is 51.5 Å². The van der Waals surface area contributed by atoms with Gasteiger partial charge in [-0.05, 0) is 19.1 Å². The summed E-state index contributed by atoms with van der Waals surface area (Å²) in [6.07, 6.45) is 0. The van der Waals surface area contributed by atoms with E-state index in [2.05, 4.69) is 9.97 Å². The predicted molar refractivity (Wildman–Crippen MR) is 60.0 cm³/mol. The van der Waals surface area contributed by atoms with Gasteiger partial charge in [0.1, 0.15) is 5.82 Å². The number of benzene rings is 1. The molecule has 0 fully saturated rings. The summed E-state index contributed by atoms with van der Waals surface area (Å²) in [5, 5.41) is 0.667. The Balaban J connectivity index is 2.54. The number of aryl methyl sites for hydroxylation is 1. The molecule has 0 amide bonds. The highest BCUT2D eigenvalue weighted by Crippen LogP contribution is 2.18. The summed E-state index contributed by atoms with van der Waals surface area (Å²) in [4.78, 5) is 18.1. The van der Waals surface area contributed by atoms with Crippen molar-refractivity contribution in [1.29, 1.82) is 0 Å². The Morgan fingerprint density at radius 2 is 1.93 bits per heavy atom. The van der Waals surface area contributed by atoms with Gasteiger partial charge in [-0.3, -0.25) is 4.79 Å². The molecule has 0 unspecified atom stereocenters. The van der Waals surface area contributed by atoms with Crippen LogP contribution in [0.3, 0.4) is 0 Å². The maximum atomic E-state index is 11.2. The molecule has 0 saturated carbocycles. The van der Waals surface area contributed by atoms with Gasteiger partial charge < -0.3 is 4.98 Å². The fraction of sp³-hybridized carbons (Fsp3) is 0.0909. The highest BCUT2D eigenvalue weighted by molar-refractivity contribution is 6.30. The van der Waals surface area contributed by atoms with Gasteiger partial charge in [0.2, 0.25) is 0 Å². The molecule has 0 spiro atoms. The average Bonchev–Trinajstić information content (AvgIpc) is 2.17. The first-order valence-electron chi connectivity index (χ1n) is 4.49. The van der Waals surface area contributed by atoms with Gasteiger partial charge in [0.05, 0.1) is 5.69 Å². The molecule has 1 aromatic carbocycles. The molecule has 3 nitrogen and oxygen atoms in total. The number of hydrogen-bond acceptors (Lipinski definition) is 2. The van der Waals surface area contributed by atoms with Crippen LogP contribution in [0.15, 0.2) is 35.1 Å². The zero-order valence-electron chi connectivity index (χ0n) is 8.12. The fourth-order valence-corrected chi connectivity index (χ4v) is 1.47. The van der Waals surface area contributed by atoms with Crippen molar-refractivity contribution < 1.29 is 0 Å². The Morgan fingerprint density at radius 1 is 1.27 bits per heavy atom. The van der Waals surface area contributed by atoms with Gasteiger partial charge in [0.25, 0.3) is 5.56 Å². The minimum atomic E-state index is -0.146. The van der Waals surface area contributed by atoms with Crippen molar-refractivity contribution in [3.63, 3.8) is 0 Å². The molecule has 1 heterocycles. The molecule has 2 aromatic rings. The maximum absolute atomic E-state index is 11.2. The van der Waals surface area contributed by atoms with Crippen molar-refractivity contribution in [1.82, 2.24) is 9.97 Å². The lowest BCUT2D eigenvalue weighted by Gasteiger charge is -2.01. The molecule has 0 bridgehead atoms. The molecule has 0 aliphatic heterocycles. The van der Waals surface area contributed by atoms with Crippen molar-refractivity contribution >= 4 is 11.6 Å². The lowest BCUT2D eigenvalue weighted by molar-refractivity contribution is 1.02. The Bertz CT molecular complexity index is 531. The summed E-state index contributed by atoms with van der Waals surface area (Å²) >= 11 is 5.77. The molecular formula is C11H9ClN2O. The van der Waals surface area contributed by atoms with Crippen LogP contribution in [0.4, 0.5) is 0 Å². The van der Waals surface area contributed by atoms with Crippen LogP contribution >= 0.6 is 11.6 Å². The first-order valence-corrected chi connectivity index (χ1v) is 4.87. The van der Waals surface area contributed by atoms with Crippen LogP contribution in [0.2, 0.25) is 5.02 Å². The molecule has 0 saturated heterocycles. The van der Waals surface area contributed by atoms with E-state index in [0.717, 1.165) is 5.56 Å². The number of nitrogens with zero attached hydrogens (tertiary/aromatic N) is 1. The number of rotatable bonds is 1. The average molecular weight is 221 g/mol. The summed E-state index contributed by atoms with van der Waals surface area (Å²) in [5.41, 5.74) is 1.40. The molecule has 0 radical (unpaired) electrons. The van der Waals surface area contributed by atoms with Gasteiger partial charge >= 0.3 is 0 Å². The Morgan fingerprint density at radius 3 is 2.53 bits per heavy atom. The molecule has 1 aromatic heterocycles. The number of aromatic nitrogens is 2. The van der Waals surface area contributed by atoms with E-state index in [1.54, 1.807) is 19.1 Å². The Kier molecular flexibility index (Phi) is 2.56. The van der Waals surface area contributed by atoms with E-state index in [1.165, 1.54) is 6.07 Å². The summed E-state index contributed by atoms with van der Waals surface area (Å²) in [5.74, 6) is 0.604. The van der Waals surface area contributed by atoms with Gasteiger partial charge in [-0.1, -0.05) is 23.7 Å². The largest absolute Gasteiger partial charge is 0.311 e. The second kappa shape index (κ2) is 3.87. The monoisotopic (exact) mass is 220 g/mol. The summed E-state index contributed by atoms with van der Waals surface area (Å²) in [6.45, 7) is 1.75. The third kappa shape index (κ3) is 2.25. The first-order chi connectivity index (χ1) is 7.15. The first kappa shape index (κ1) is 9.93. The maximum Gasteiger partial charge on any atom is 0.251 e. The molecule has 2 rings (SSSR count). The second-order valence-electron chi connectivity index (χ2n) is 3.22. The van der Waals surface area contributed by atoms with Crippen molar-refractivity contribution in [3.8, 4) is 11.3 Å². The number of hydrogen-bond donors (Lipinski definition) is 1. The van der Waals surface area contributed by atoms with E-state index in [9.17, 15) is 4.79 Å². The van der Waals surface area contributed by atoms with Gasteiger partial charge in [0, 0.05) is 16.7 Å². The van der Waals surface area contributed by atoms with Gasteiger partial charge in [-0.15, -0.1) is 0 Å². The standard InChI is InChI=1S/C11H9ClN2O/c1-7-13-10(6-11(15)14-7)8-2-4-9(12)5-3-8/h2-6H,1H3,(H,13,14,15). The third-order valence-corrected chi connectivity index (χ3v) is 2.25. The number of aromatic amines is 1. The number of H-pyrrole nitrogens is 1. The van der Waals surface area contributed by atoms with E-state index in [-0.39, 0.29) is 5.56 Å².